The van der Waals surface area contributed by atoms with Gasteiger partial charge in [-0.25, -0.2) is 0 Å². The van der Waals surface area contributed by atoms with Crippen LogP contribution in [-0.4, -0.2) is 4.98 Å². The van der Waals surface area contributed by atoms with Crippen molar-refractivity contribution in [2.24, 2.45) is 0 Å². The van der Waals surface area contributed by atoms with Crippen LogP contribution < -0.4 is 5.32 Å². The first-order chi connectivity index (χ1) is 11.3. The molecule has 3 rings (SSSR count). The van der Waals surface area contributed by atoms with Crippen LogP contribution in [-0.2, 0) is 6.54 Å². The number of rotatable bonds is 4. The van der Waals surface area contributed by atoms with Crippen LogP contribution in [0.3, 0.4) is 0 Å². The minimum absolute atomic E-state index is 0.546. The third-order valence-corrected chi connectivity index (χ3v) is 3.87. The molecule has 23 heavy (non-hydrogen) atoms. The predicted molar refractivity (Wildman–Crippen MR) is 93.2 cm³/mol. The molecule has 0 radical (unpaired) electrons. The van der Waals surface area contributed by atoms with Gasteiger partial charge in [-0.2, -0.15) is 5.26 Å². The van der Waals surface area contributed by atoms with Crippen LogP contribution in [0.15, 0.2) is 67.0 Å². The number of benzene rings is 2. The van der Waals surface area contributed by atoms with Crippen LogP contribution in [0.2, 0.25) is 5.02 Å². The number of hydrogen-bond donors (Lipinski definition) is 1. The molecule has 4 heteroatoms. The summed E-state index contributed by atoms with van der Waals surface area (Å²) < 4.78 is 0. The maximum absolute atomic E-state index is 9.15. The van der Waals surface area contributed by atoms with E-state index in [0.717, 1.165) is 16.7 Å². The highest BCUT2D eigenvalue weighted by Gasteiger charge is 2.06. The van der Waals surface area contributed by atoms with Crippen LogP contribution in [0, 0.1) is 11.3 Å². The zero-order valence-electron chi connectivity index (χ0n) is 12.3. The zero-order chi connectivity index (χ0) is 16.1. The van der Waals surface area contributed by atoms with Gasteiger partial charge in [0.2, 0.25) is 0 Å². The lowest BCUT2D eigenvalue weighted by Crippen LogP contribution is -2.02. The van der Waals surface area contributed by atoms with Gasteiger partial charge in [-0.3, -0.25) is 4.98 Å². The second-order valence-corrected chi connectivity index (χ2v) is 5.47. The Labute approximate surface area is 140 Å². The number of nitrogens with zero attached hydrogens (tertiary/aromatic N) is 2. The van der Waals surface area contributed by atoms with Gasteiger partial charge in [0.25, 0.3) is 0 Å². The van der Waals surface area contributed by atoms with Crippen LogP contribution in [0.1, 0.15) is 11.1 Å². The molecule has 0 amide bonds. The molecule has 0 aliphatic carbocycles. The SMILES string of the molecule is N#Cc1cccc(Cl)c1NCc1ccc(-c2cccnc2)cc1. The van der Waals surface area contributed by atoms with Gasteiger partial charge < -0.3 is 5.32 Å². The number of para-hydroxylation sites is 1. The Balaban J connectivity index is 1.74. The standard InChI is InChI=1S/C19H14ClN3/c20-18-5-1-3-16(11-21)19(18)23-12-14-6-8-15(9-7-14)17-4-2-10-22-13-17/h1-10,13,23H,12H2. The Morgan fingerprint density at radius 1 is 1.00 bits per heavy atom. The molecule has 3 aromatic rings. The van der Waals surface area contributed by atoms with Crippen LogP contribution >= 0.6 is 11.6 Å². The van der Waals surface area contributed by atoms with E-state index in [1.165, 1.54) is 0 Å². The number of aromatic nitrogens is 1. The molecule has 112 valence electrons. The van der Waals surface area contributed by atoms with Crippen molar-refractivity contribution < 1.29 is 0 Å². The van der Waals surface area contributed by atoms with Crippen LogP contribution in [0.25, 0.3) is 11.1 Å². The maximum atomic E-state index is 9.15. The van der Waals surface area contributed by atoms with E-state index in [9.17, 15) is 0 Å². The lowest BCUT2D eigenvalue weighted by atomic mass is 10.1. The molecule has 0 saturated carbocycles. The van der Waals surface area contributed by atoms with Crippen molar-refractivity contribution in [2.75, 3.05) is 5.32 Å². The van der Waals surface area contributed by atoms with Crippen molar-refractivity contribution in [3.8, 4) is 17.2 Å². The third-order valence-electron chi connectivity index (χ3n) is 3.55. The molecule has 1 N–H and O–H groups in total. The summed E-state index contributed by atoms with van der Waals surface area (Å²) >= 11 is 6.16. The average molecular weight is 320 g/mol. The van der Waals surface area contributed by atoms with Gasteiger partial charge in [0.05, 0.1) is 16.3 Å². The molecule has 1 aromatic heterocycles. The summed E-state index contributed by atoms with van der Waals surface area (Å²) in [5.74, 6) is 0. The van der Waals surface area contributed by atoms with Gasteiger partial charge >= 0.3 is 0 Å². The highest BCUT2D eigenvalue weighted by atomic mass is 35.5. The monoisotopic (exact) mass is 319 g/mol. The van der Waals surface area contributed by atoms with Gasteiger partial charge in [0.15, 0.2) is 0 Å². The van der Waals surface area contributed by atoms with Crippen molar-refractivity contribution >= 4 is 17.3 Å². The van der Waals surface area contributed by atoms with Crippen molar-refractivity contribution in [1.82, 2.24) is 4.98 Å². The Hall–Kier alpha value is -2.83. The fourth-order valence-electron chi connectivity index (χ4n) is 2.34. The van der Waals surface area contributed by atoms with Crippen molar-refractivity contribution in [3.05, 3.63) is 83.1 Å². The first kappa shape index (κ1) is 15.1. The number of nitriles is 1. The molecule has 0 bridgehead atoms. The summed E-state index contributed by atoms with van der Waals surface area (Å²) in [6.07, 6.45) is 3.61. The van der Waals surface area contributed by atoms with E-state index in [2.05, 4.69) is 40.6 Å². The summed E-state index contributed by atoms with van der Waals surface area (Å²) in [7, 11) is 0. The predicted octanol–water partition coefficient (Wildman–Crippen LogP) is 4.89. The van der Waals surface area contributed by atoms with E-state index >= 15 is 0 Å². The topological polar surface area (TPSA) is 48.7 Å². The Bertz CT molecular complexity index is 837. The summed E-state index contributed by atoms with van der Waals surface area (Å²) in [6, 6.07) is 19.6. The van der Waals surface area contributed by atoms with Gasteiger partial charge in [-0.1, -0.05) is 48.0 Å². The molecule has 2 aromatic carbocycles. The zero-order valence-corrected chi connectivity index (χ0v) is 13.1. The van der Waals surface area contributed by atoms with Crippen molar-refractivity contribution in [1.29, 1.82) is 5.26 Å². The molecule has 0 saturated heterocycles. The molecule has 0 fully saturated rings. The highest BCUT2D eigenvalue weighted by Crippen LogP contribution is 2.26. The van der Waals surface area contributed by atoms with Gasteiger partial charge in [0.1, 0.15) is 6.07 Å². The average Bonchev–Trinajstić information content (AvgIpc) is 2.61. The lowest BCUT2D eigenvalue weighted by Gasteiger charge is -2.10. The number of pyridine rings is 1. The number of anilines is 1. The largest absolute Gasteiger partial charge is 0.379 e. The van der Waals surface area contributed by atoms with E-state index in [1.807, 2.05) is 18.3 Å². The van der Waals surface area contributed by atoms with Gasteiger partial charge in [-0.15, -0.1) is 0 Å². The minimum Gasteiger partial charge on any atom is -0.379 e. The number of hydrogen-bond acceptors (Lipinski definition) is 3. The molecular formula is C19H14ClN3. The van der Waals surface area contributed by atoms with E-state index in [0.29, 0.717) is 22.8 Å². The minimum atomic E-state index is 0.546. The molecule has 0 aliphatic heterocycles. The first-order valence-electron chi connectivity index (χ1n) is 7.20. The normalized spacial score (nSPS) is 10.1. The molecular weight excluding hydrogens is 306 g/mol. The maximum Gasteiger partial charge on any atom is 0.101 e. The third kappa shape index (κ3) is 3.50. The number of halogens is 1. The van der Waals surface area contributed by atoms with E-state index < -0.39 is 0 Å². The summed E-state index contributed by atoms with van der Waals surface area (Å²) in [4.78, 5) is 4.13. The van der Waals surface area contributed by atoms with E-state index in [4.69, 9.17) is 16.9 Å². The molecule has 0 spiro atoms. The van der Waals surface area contributed by atoms with Crippen LogP contribution in [0.4, 0.5) is 5.69 Å². The lowest BCUT2D eigenvalue weighted by molar-refractivity contribution is 1.15. The fourth-order valence-corrected chi connectivity index (χ4v) is 2.58. The summed E-state index contributed by atoms with van der Waals surface area (Å²) in [5.41, 5.74) is 4.54. The van der Waals surface area contributed by atoms with Crippen molar-refractivity contribution in [2.45, 2.75) is 6.54 Å². The fraction of sp³-hybridized carbons (Fsp3) is 0.0526. The molecule has 0 aliphatic rings. The molecule has 1 heterocycles. The van der Waals surface area contributed by atoms with E-state index in [-0.39, 0.29) is 0 Å². The Morgan fingerprint density at radius 3 is 2.52 bits per heavy atom. The highest BCUT2D eigenvalue weighted by molar-refractivity contribution is 6.33. The number of nitrogens with one attached hydrogen (secondary N) is 1. The summed E-state index contributed by atoms with van der Waals surface area (Å²) in [5, 5.41) is 12.9. The summed E-state index contributed by atoms with van der Waals surface area (Å²) in [6.45, 7) is 0.603. The van der Waals surface area contributed by atoms with Crippen LogP contribution in [0.5, 0.6) is 0 Å². The second-order valence-electron chi connectivity index (χ2n) is 5.07. The van der Waals surface area contributed by atoms with Crippen molar-refractivity contribution in [3.63, 3.8) is 0 Å². The van der Waals surface area contributed by atoms with Gasteiger partial charge in [0, 0.05) is 18.9 Å². The Morgan fingerprint density at radius 2 is 1.83 bits per heavy atom. The smallest absolute Gasteiger partial charge is 0.101 e. The molecule has 3 nitrogen and oxygen atoms in total. The molecule has 0 unspecified atom stereocenters. The molecule has 0 atom stereocenters. The Kier molecular flexibility index (Phi) is 4.56. The first-order valence-corrected chi connectivity index (χ1v) is 7.57. The quantitative estimate of drug-likeness (QED) is 0.745. The van der Waals surface area contributed by atoms with Gasteiger partial charge in [-0.05, 0) is 34.9 Å². The van der Waals surface area contributed by atoms with E-state index in [1.54, 1.807) is 24.4 Å². The second kappa shape index (κ2) is 6.95.